The molecule has 26 heavy (non-hydrogen) atoms. The molecule has 1 aliphatic rings. The molecule has 0 saturated carbocycles. The van der Waals surface area contributed by atoms with E-state index in [1.807, 2.05) is 20.8 Å². The summed E-state index contributed by atoms with van der Waals surface area (Å²) in [6, 6.07) is 5.00. The van der Waals surface area contributed by atoms with Gasteiger partial charge in [-0.15, -0.1) is 0 Å². The maximum Gasteiger partial charge on any atom is 0.282 e. The van der Waals surface area contributed by atoms with Crippen molar-refractivity contribution < 1.29 is 19.4 Å². The van der Waals surface area contributed by atoms with E-state index in [-0.39, 0.29) is 23.9 Å². The number of carbonyl (C=O) groups excluding carboxylic acids is 2. The van der Waals surface area contributed by atoms with E-state index >= 15 is 0 Å². The Morgan fingerprint density at radius 3 is 2.35 bits per heavy atom. The lowest BCUT2D eigenvalue weighted by atomic mass is 10.2. The molecule has 1 atom stereocenters. The molecule has 4 N–H and O–H groups in total. The van der Waals surface area contributed by atoms with E-state index in [4.69, 9.17) is 23.2 Å². The average molecular weight is 403 g/mol. The van der Waals surface area contributed by atoms with Crippen LogP contribution in [-0.2, 0) is 9.59 Å². The Hall–Kier alpha value is -1.34. The molecule has 1 saturated heterocycles. The largest absolute Gasteiger partial charge is 0.349 e. The first-order valence-corrected chi connectivity index (χ1v) is 9.75. The van der Waals surface area contributed by atoms with Crippen LogP contribution < -0.4 is 20.4 Å². The highest BCUT2D eigenvalue weighted by molar-refractivity contribution is 6.36. The minimum atomic E-state index is -0.187. The van der Waals surface area contributed by atoms with Crippen LogP contribution in [0.25, 0.3) is 0 Å². The van der Waals surface area contributed by atoms with Crippen LogP contribution >= 0.6 is 23.2 Å². The fourth-order valence-electron chi connectivity index (χ4n) is 3.15. The summed E-state index contributed by atoms with van der Waals surface area (Å²) in [6.45, 7) is 9.79. The molecule has 0 unspecified atom stereocenters. The fourth-order valence-corrected chi connectivity index (χ4v) is 3.61. The first-order chi connectivity index (χ1) is 12.3. The van der Waals surface area contributed by atoms with Gasteiger partial charge in [-0.05, 0) is 39.0 Å². The van der Waals surface area contributed by atoms with Crippen molar-refractivity contribution in [3.63, 3.8) is 0 Å². The SMILES string of the molecule is CC(C)NC(=O)C[NH+]1CC[NH+]([C@@H](C)C(=O)Nc2ccc(Cl)cc2Cl)CC1. The minimum Gasteiger partial charge on any atom is -0.349 e. The number of benzene rings is 1. The maximum atomic E-state index is 12.5. The van der Waals surface area contributed by atoms with Crippen LogP contribution in [-0.4, -0.2) is 56.6 Å². The maximum absolute atomic E-state index is 12.5. The normalized spacial score (nSPS) is 21.3. The zero-order chi connectivity index (χ0) is 19.3. The van der Waals surface area contributed by atoms with Gasteiger partial charge in [0.1, 0.15) is 26.2 Å². The lowest BCUT2D eigenvalue weighted by Crippen LogP contribution is -3.30. The van der Waals surface area contributed by atoms with Crippen LogP contribution in [0.1, 0.15) is 20.8 Å². The van der Waals surface area contributed by atoms with Gasteiger partial charge < -0.3 is 20.4 Å². The van der Waals surface area contributed by atoms with Gasteiger partial charge in [-0.2, -0.15) is 0 Å². The first kappa shape index (κ1) is 21.0. The third kappa shape index (κ3) is 6.13. The Balaban J connectivity index is 1.82. The summed E-state index contributed by atoms with van der Waals surface area (Å²) in [5.74, 6) is 0.0202. The summed E-state index contributed by atoms with van der Waals surface area (Å²) in [4.78, 5) is 26.9. The molecule has 1 aromatic rings. The fraction of sp³-hybridized carbons (Fsp3) is 0.556. The number of quaternary nitrogens is 2. The van der Waals surface area contributed by atoms with Crippen LogP contribution in [0, 0.1) is 0 Å². The van der Waals surface area contributed by atoms with Gasteiger partial charge in [-0.3, -0.25) is 9.59 Å². The van der Waals surface area contributed by atoms with Crippen molar-refractivity contribution in [2.45, 2.75) is 32.9 Å². The lowest BCUT2D eigenvalue weighted by Gasteiger charge is -2.32. The van der Waals surface area contributed by atoms with Gasteiger partial charge in [0.2, 0.25) is 0 Å². The average Bonchev–Trinajstić information content (AvgIpc) is 2.56. The molecule has 6 nitrogen and oxygen atoms in total. The number of anilines is 1. The number of hydrogen-bond donors (Lipinski definition) is 4. The molecule has 8 heteroatoms. The van der Waals surface area contributed by atoms with Gasteiger partial charge >= 0.3 is 0 Å². The van der Waals surface area contributed by atoms with Crippen LogP contribution in [0.5, 0.6) is 0 Å². The van der Waals surface area contributed by atoms with Gasteiger partial charge in [0, 0.05) is 11.1 Å². The van der Waals surface area contributed by atoms with Crippen molar-refractivity contribution in [2.75, 3.05) is 38.0 Å². The Morgan fingerprint density at radius 2 is 1.77 bits per heavy atom. The van der Waals surface area contributed by atoms with E-state index in [1.165, 1.54) is 9.80 Å². The molecule has 1 aromatic carbocycles. The van der Waals surface area contributed by atoms with Crippen molar-refractivity contribution in [2.24, 2.45) is 0 Å². The van der Waals surface area contributed by atoms with E-state index in [9.17, 15) is 9.59 Å². The third-order valence-electron chi connectivity index (χ3n) is 4.65. The van der Waals surface area contributed by atoms with Crippen LogP contribution in [0.4, 0.5) is 5.69 Å². The second-order valence-electron chi connectivity index (χ2n) is 7.14. The Bertz CT molecular complexity index is 646. The van der Waals surface area contributed by atoms with Crippen LogP contribution in [0.15, 0.2) is 18.2 Å². The van der Waals surface area contributed by atoms with Gasteiger partial charge in [0.25, 0.3) is 11.8 Å². The van der Waals surface area contributed by atoms with Crippen molar-refractivity contribution in [3.8, 4) is 0 Å². The number of rotatable bonds is 6. The molecule has 144 valence electrons. The number of hydrogen-bond acceptors (Lipinski definition) is 2. The van der Waals surface area contributed by atoms with Gasteiger partial charge in [0.05, 0.1) is 10.7 Å². The Morgan fingerprint density at radius 1 is 1.12 bits per heavy atom. The zero-order valence-electron chi connectivity index (χ0n) is 15.5. The van der Waals surface area contributed by atoms with E-state index in [1.54, 1.807) is 18.2 Å². The number of carbonyl (C=O) groups is 2. The molecule has 1 fully saturated rings. The van der Waals surface area contributed by atoms with Gasteiger partial charge in [-0.1, -0.05) is 23.2 Å². The van der Waals surface area contributed by atoms with E-state index in [2.05, 4.69) is 10.6 Å². The number of nitrogens with one attached hydrogen (secondary N) is 4. The third-order valence-corrected chi connectivity index (χ3v) is 5.20. The summed E-state index contributed by atoms with van der Waals surface area (Å²) in [5.41, 5.74) is 0.571. The molecule has 2 rings (SSSR count). The van der Waals surface area contributed by atoms with Gasteiger partial charge in [-0.25, -0.2) is 0 Å². The Kier molecular flexibility index (Phi) is 7.70. The molecule has 0 aliphatic carbocycles. The molecular weight excluding hydrogens is 375 g/mol. The number of halogens is 2. The number of piperazine rings is 1. The van der Waals surface area contributed by atoms with Crippen LogP contribution in [0.3, 0.4) is 0 Å². The van der Waals surface area contributed by atoms with Gasteiger partial charge in [0.15, 0.2) is 12.6 Å². The highest BCUT2D eigenvalue weighted by Crippen LogP contribution is 2.25. The van der Waals surface area contributed by atoms with E-state index in [0.29, 0.717) is 22.3 Å². The molecule has 0 radical (unpaired) electrons. The molecule has 0 spiro atoms. The predicted octanol–water partition coefficient (Wildman–Crippen LogP) is -0.372. The Labute approximate surface area is 164 Å². The summed E-state index contributed by atoms with van der Waals surface area (Å²) in [6.07, 6.45) is 0. The second-order valence-corrected chi connectivity index (χ2v) is 7.99. The highest BCUT2D eigenvalue weighted by atomic mass is 35.5. The summed E-state index contributed by atoms with van der Waals surface area (Å²) >= 11 is 12.0. The first-order valence-electron chi connectivity index (χ1n) is 8.99. The standard InChI is InChI=1S/C18H26Cl2N4O2/c1-12(2)21-17(25)11-23-6-8-24(9-7-23)13(3)18(26)22-16-5-4-14(19)10-15(16)20/h4-5,10,12-13H,6-9,11H2,1-3H3,(H,21,25)(H,22,26)/p+2/t13-/m0/s1. The molecule has 1 heterocycles. The molecular formula is C18H28Cl2N4O2+2. The smallest absolute Gasteiger partial charge is 0.282 e. The number of amides is 2. The topological polar surface area (TPSA) is 67.1 Å². The lowest BCUT2D eigenvalue weighted by molar-refractivity contribution is -1.01. The summed E-state index contributed by atoms with van der Waals surface area (Å²) in [5, 5.41) is 6.77. The minimum absolute atomic E-state index is 0.0646. The van der Waals surface area contributed by atoms with Crippen molar-refractivity contribution >= 4 is 40.7 Å². The van der Waals surface area contributed by atoms with Crippen molar-refractivity contribution in [3.05, 3.63) is 28.2 Å². The quantitative estimate of drug-likeness (QED) is 0.524. The highest BCUT2D eigenvalue weighted by Gasteiger charge is 2.32. The monoisotopic (exact) mass is 402 g/mol. The predicted molar refractivity (Wildman–Crippen MR) is 104 cm³/mol. The molecule has 0 bridgehead atoms. The second kappa shape index (κ2) is 9.55. The van der Waals surface area contributed by atoms with Crippen molar-refractivity contribution in [1.29, 1.82) is 0 Å². The van der Waals surface area contributed by atoms with E-state index in [0.717, 1.165) is 26.2 Å². The van der Waals surface area contributed by atoms with Crippen LogP contribution in [0.2, 0.25) is 10.0 Å². The van der Waals surface area contributed by atoms with E-state index < -0.39 is 0 Å². The zero-order valence-corrected chi connectivity index (χ0v) is 17.0. The summed E-state index contributed by atoms with van der Waals surface area (Å²) < 4.78 is 0. The molecule has 1 aliphatic heterocycles. The molecule has 2 amide bonds. The van der Waals surface area contributed by atoms with Crippen molar-refractivity contribution in [1.82, 2.24) is 5.32 Å². The summed E-state index contributed by atoms with van der Waals surface area (Å²) in [7, 11) is 0. The molecule has 0 aromatic heterocycles.